The van der Waals surface area contributed by atoms with E-state index in [1.165, 1.54) is 12.1 Å². The Bertz CT molecular complexity index is 499. The average Bonchev–Trinajstić information content (AvgIpc) is 2.45. The van der Waals surface area contributed by atoms with E-state index in [1.807, 2.05) is 0 Å². The zero-order valence-corrected chi connectivity index (χ0v) is 12.3. The third-order valence-corrected chi connectivity index (χ3v) is 4.06. The van der Waals surface area contributed by atoms with E-state index >= 15 is 0 Å². The number of benzene rings is 1. The minimum Gasteiger partial charge on any atom is -0.481 e. The third-order valence-electron chi connectivity index (χ3n) is 4.06. The fourth-order valence-corrected chi connectivity index (χ4v) is 2.92. The molecule has 1 heterocycles. The van der Waals surface area contributed by atoms with Crippen LogP contribution < -0.4 is 0 Å². The summed E-state index contributed by atoms with van der Waals surface area (Å²) >= 11 is 0. The standard InChI is InChI=1S/C16H20F3NO2/c17-16(18,19)14-6-3-13(4-7-14)11-20-9-1-2-12(10-20)5-8-15(21)22/h3-4,6-7,12H,1-2,5,8-11H2,(H,21,22). The summed E-state index contributed by atoms with van der Waals surface area (Å²) in [6.07, 6.45) is -1.43. The van der Waals surface area contributed by atoms with E-state index in [0.717, 1.165) is 43.6 Å². The van der Waals surface area contributed by atoms with Crippen LogP contribution in [0, 0.1) is 5.92 Å². The zero-order valence-electron chi connectivity index (χ0n) is 12.3. The van der Waals surface area contributed by atoms with Gasteiger partial charge in [0.25, 0.3) is 0 Å². The molecule has 0 spiro atoms. The van der Waals surface area contributed by atoms with Gasteiger partial charge in [0.05, 0.1) is 5.56 Å². The molecule has 22 heavy (non-hydrogen) atoms. The smallest absolute Gasteiger partial charge is 0.416 e. The van der Waals surface area contributed by atoms with Crippen LogP contribution in [0.1, 0.15) is 36.8 Å². The molecule has 6 heteroatoms. The highest BCUT2D eigenvalue weighted by atomic mass is 19.4. The average molecular weight is 315 g/mol. The Morgan fingerprint density at radius 1 is 1.27 bits per heavy atom. The molecule has 122 valence electrons. The molecule has 1 unspecified atom stereocenters. The number of piperidine rings is 1. The van der Waals surface area contributed by atoms with Gasteiger partial charge in [0.2, 0.25) is 0 Å². The normalized spacial score (nSPS) is 20.0. The summed E-state index contributed by atoms with van der Waals surface area (Å²) in [6.45, 7) is 2.33. The predicted octanol–water partition coefficient (Wildman–Crippen LogP) is 3.78. The van der Waals surface area contributed by atoms with E-state index in [2.05, 4.69) is 4.90 Å². The highest BCUT2D eigenvalue weighted by Gasteiger charge is 2.30. The number of alkyl halides is 3. The van der Waals surface area contributed by atoms with Gasteiger partial charge in [0.15, 0.2) is 0 Å². The molecular formula is C16H20F3NO2. The first-order chi connectivity index (χ1) is 10.3. The van der Waals surface area contributed by atoms with Gasteiger partial charge < -0.3 is 5.11 Å². The van der Waals surface area contributed by atoms with Crippen molar-refractivity contribution >= 4 is 5.97 Å². The van der Waals surface area contributed by atoms with Crippen LogP contribution in [-0.4, -0.2) is 29.1 Å². The zero-order chi connectivity index (χ0) is 16.2. The first-order valence-corrected chi connectivity index (χ1v) is 7.45. The number of aliphatic carboxylic acids is 1. The molecule has 1 saturated heterocycles. The van der Waals surface area contributed by atoms with Gasteiger partial charge in [-0.3, -0.25) is 9.69 Å². The maximum Gasteiger partial charge on any atom is 0.416 e. The molecule has 1 aromatic carbocycles. The van der Waals surface area contributed by atoms with Crippen molar-refractivity contribution in [1.82, 2.24) is 4.90 Å². The number of carbonyl (C=O) groups is 1. The van der Waals surface area contributed by atoms with Gasteiger partial charge >= 0.3 is 12.1 Å². The molecular weight excluding hydrogens is 295 g/mol. The summed E-state index contributed by atoms with van der Waals surface area (Å²) in [5.41, 5.74) is 0.223. The SMILES string of the molecule is O=C(O)CCC1CCCN(Cc2ccc(C(F)(F)F)cc2)C1. The Hall–Kier alpha value is -1.56. The van der Waals surface area contributed by atoms with Gasteiger partial charge in [-0.25, -0.2) is 0 Å². The second kappa shape index (κ2) is 7.13. The highest BCUT2D eigenvalue weighted by molar-refractivity contribution is 5.66. The van der Waals surface area contributed by atoms with Crippen LogP contribution in [0.2, 0.25) is 0 Å². The van der Waals surface area contributed by atoms with Gasteiger partial charge in [0.1, 0.15) is 0 Å². The minimum absolute atomic E-state index is 0.179. The minimum atomic E-state index is -4.30. The summed E-state index contributed by atoms with van der Waals surface area (Å²) in [5, 5.41) is 8.73. The van der Waals surface area contributed by atoms with Crippen LogP contribution in [0.5, 0.6) is 0 Å². The second-order valence-corrected chi connectivity index (χ2v) is 5.87. The summed E-state index contributed by atoms with van der Waals surface area (Å²) < 4.78 is 37.6. The molecule has 1 atom stereocenters. The van der Waals surface area contributed by atoms with Crippen molar-refractivity contribution in [3.8, 4) is 0 Å². The Morgan fingerprint density at radius 2 is 1.95 bits per heavy atom. The number of carboxylic acid groups (broad SMARTS) is 1. The van der Waals surface area contributed by atoms with Crippen molar-refractivity contribution in [1.29, 1.82) is 0 Å². The maximum absolute atomic E-state index is 12.5. The number of nitrogens with zero attached hydrogens (tertiary/aromatic N) is 1. The lowest BCUT2D eigenvalue weighted by molar-refractivity contribution is -0.138. The fraction of sp³-hybridized carbons (Fsp3) is 0.562. The van der Waals surface area contributed by atoms with Gasteiger partial charge in [0, 0.05) is 19.5 Å². The van der Waals surface area contributed by atoms with Crippen molar-refractivity contribution in [2.24, 2.45) is 5.92 Å². The van der Waals surface area contributed by atoms with Crippen LogP contribution in [0.4, 0.5) is 13.2 Å². The van der Waals surface area contributed by atoms with Gasteiger partial charge in [-0.15, -0.1) is 0 Å². The molecule has 1 aromatic rings. The van der Waals surface area contributed by atoms with E-state index in [0.29, 0.717) is 18.9 Å². The number of rotatable bonds is 5. The number of carboxylic acids is 1. The molecule has 0 saturated carbocycles. The molecule has 1 aliphatic rings. The van der Waals surface area contributed by atoms with E-state index in [4.69, 9.17) is 5.11 Å². The van der Waals surface area contributed by atoms with Crippen molar-refractivity contribution in [3.63, 3.8) is 0 Å². The first-order valence-electron chi connectivity index (χ1n) is 7.45. The van der Waals surface area contributed by atoms with E-state index < -0.39 is 17.7 Å². The van der Waals surface area contributed by atoms with Crippen LogP contribution in [-0.2, 0) is 17.5 Å². The molecule has 1 N–H and O–H groups in total. The molecule has 1 aliphatic heterocycles. The van der Waals surface area contributed by atoms with E-state index in [-0.39, 0.29) is 6.42 Å². The summed E-state index contributed by atoms with van der Waals surface area (Å²) in [6, 6.07) is 5.26. The van der Waals surface area contributed by atoms with Crippen LogP contribution in [0.3, 0.4) is 0 Å². The Labute approximate surface area is 127 Å². The summed E-state index contributed by atoms with van der Waals surface area (Å²) in [5.74, 6) is -0.417. The maximum atomic E-state index is 12.5. The lowest BCUT2D eigenvalue weighted by Gasteiger charge is -2.32. The fourth-order valence-electron chi connectivity index (χ4n) is 2.92. The second-order valence-electron chi connectivity index (χ2n) is 5.87. The Morgan fingerprint density at radius 3 is 2.55 bits per heavy atom. The summed E-state index contributed by atoms with van der Waals surface area (Å²) in [7, 11) is 0. The Kier molecular flexibility index (Phi) is 5.45. The van der Waals surface area contributed by atoms with Crippen LogP contribution in [0.25, 0.3) is 0 Å². The van der Waals surface area contributed by atoms with Crippen LogP contribution >= 0.6 is 0 Å². The summed E-state index contributed by atoms with van der Waals surface area (Å²) in [4.78, 5) is 12.8. The van der Waals surface area contributed by atoms with Crippen molar-refractivity contribution < 1.29 is 23.1 Å². The predicted molar refractivity (Wildman–Crippen MR) is 76.3 cm³/mol. The lowest BCUT2D eigenvalue weighted by atomic mass is 9.93. The lowest BCUT2D eigenvalue weighted by Crippen LogP contribution is -2.35. The van der Waals surface area contributed by atoms with Crippen molar-refractivity contribution in [3.05, 3.63) is 35.4 Å². The van der Waals surface area contributed by atoms with Crippen LogP contribution in [0.15, 0.2) is 24.3 Å². The number of hydrogen-bond donors (Lipinski definition) is 1. The molecule has 0 aromatic heterocycles. The number of hydrogen-bond acceptors (Lipinski definition) is 2. The third kappa shape index (κ3) is 5.02. The molecule has 0 radical (unpaired) electrons. The topological polar surface area (TPSA) is 40.5 Å². The molecule has 3 nitrogen and oxygen atoms in total. The van der Waals surface area contributed by atoms with E-state index in [9.17, 15) is 18.0 Å². The number of halogens is 3. The van der Waals surface area contributed by atoms with Gasteiger partial charge in [-0.1, -0.05) is 12.1 Å². The highest BCUT2D eigenvalue weighted by Crippen LogP contribution is 2.29. The molecule has 1 fully saturated rings. The Balaban J connectivity index is 1.88. The monoisotopic (exact) mass is 315 g/mol. The largest absolute Gasteiger partial charge is 0.481 e. The quantitative estimate of drug-likeness (QED) is 0.899. The van der Waals surface area contributed by atoms with Crippen molar-refractivity contribution in [2.75, 3.05) is 13.1 Å². The molecule has 0 bridgehead atoms. The van der Waals surface area contributed by atoms with E-state index in [1.54, 1.807) is 0 Å². The molecule has 0 amide bonds. The van der Waals surface area contributed by atoms with Crippen molar-refractivity contribution in [2.45, 2.75) is 38.4 Å². The molecule has 0 aliphatic carbocycles. The van der Waals surface area contributed by atoms with Gasteiger partial charge in [-0.2, -0.15) is 13.2 Å². The molecule has 2 rings (SSSR count). The number of likely N-dealkylation sites (tertiary alicyclic amines) is 1. The first kappa shape index (κ1) is 16.8. The van der Waals surface area contributed by atoms with Gasteiger partial charge in [-0.05, 0) is 49.4 Å².